The summed E-state index contributed by atoms with van der Waals surface area (Å²) < 4.78 is 35.9. The summed E-state index contributed by atoms with van der Waals surface area (Å²) in [5, 5.41) is 11.5. The van der Waals surface area contributed by atoms with Gasteiger partial charge in [-0.3, -0.25) is 9.10 Å². The van der Waals surface area contributed by atoms with Gasteiger partial charge in [0.15, 0.2) is 0 Å². The average Bonchev–Trinajstić information content (AvgIpc) is 2.64. The molecule has 2 aromatic carbocycles. The van der Waals surface area contributed by atoms with E-state index in [-0.39, 0.29) is 11.4 Å². The molecular weight excluding hydrogens is 370 g/mol. The molecule has 27 heavy (non-hydrogen) atoms. The molecule has 0 saturated heterocycles. The molecule has 2 aromatic rings. The van der Waals surface area contributed by atoms with E-state index in [0.717, 1.165) is 10.6 Å². The molecule has 9 heteroatoms. The van der Waals surface area contributed by atoms with E-state index in [9.17, 15) is 13.2 Å². The van der Waals surface area contributed by atoms with Gasteiger partial charge in [0.25, 0.3) is 0 Å². The highest BCUT2D eigenvalue weighted by Gasteiger charge is 2.24. The Labute approximate surface area is 158 Å². The Balaban J connectivity index is 2.33. The second kappa shape index (κ2) is 8.42. The van der Waals surface area contributed by atoms with Crippen LogP contribution in [0.1, 0.15) is 5.56 Å². The van der Waals surface area contributed by atoms with Gasteiger partial charge in [-0.05, 0) is 30.3 Å². The van der Waals surface area contributed by atoms with Gasteiger partial charge in [0, 0.05) is 11.8 Å². The number of anilines is 2. The van der Waals surface area contributed by atoms with Crippen molar-refractivity contribution in [2.24, 2.45) is 0 Å². The molecule has 0 aromatic heterocycles. The van der Waals surface area contributed by atoms with E-state index in [2.05, 4.69) is 5.32 Å². The summed E-state index contributed by atoms with van der Waals surface area (Å²) in [5.41, 5.74) is 0.951. The van der Waals surface area contributed by atoms with Crippen molar-refractivity contribution in [3.05, 3.63) is 48.0 Å². The van der Waals surface area contributed by atoms with Crippen LogP contribution in [0.25, 0.3) is 0 Å². The molecule has 0 aliphatic rings. The van der Waals surface area contributed by atoms with Gasteiger partial charge in [0.2, 0.25) is 15.9 Å². The molecule has 0 aliphatic carbocycles. The molecule has 0 unspecified atom stereocenters. The Morgan fingerprint density at radius 1 is 1.19 bits per heavy atom. The normalized spacial score (nSPS) is 10.6. The number of amides is 1. The first-order valence-corrected chi connectivity index (χ1v) is 9.63. The largest absolute Gasteiger partial charge is 0.497 e. The van der Waals surface area contributed by atoms with Crippen LogP contribution in [-0.2, 0) is 14.8 Å². The quantitative estimate of drug-likeness (QED) is 0.776. The number of carbonyl (C=O) groups is 1. The lowest BCUT2D eigenvalue weighted by atomic mass is 10.2. The fourth-order valence-electron chi connectivity index (χ4n) is 2.37. The molecular formula is C18H19N3O5S. The zero-order chi connectivity index (χ0) is 20.0. The van der Waals surface area contributed by atoms with Gasteiger partial charge >= 0.3 is 0 Å². The van der Waals surface area contributed by atoms with Crippen LogP contribution in [0.5, 0.6) is 11.5 Å². The minimum atomic E-state index is -3.79. The minimum absolute atomic E-state index is 0.181. The minimum Gasteiger partial charge on any atom is -0.497 e. The number of rotatable bonds is 7. The van der Waals surface area contributed by atoms with Crippen LogP contribution in [-0.4, -0.2) is 41.3 Å². The van der Waals surface area contributed by atoms with Crippen LogP contribution < -0.4 is 19.1 Å². The predicted octanol–water partition coefficient (Wildman–Crippen LogP) is 1.98. The van der Waals surface area contributed by atoms with Crippen molar-refractivity contribution in [2.75, 3.05) is 36.6 Å². The second-order valence-electron chi connectivity index (χ2n) is 5.55. The van der Waals surface area contributed by atoms with E-state index >= 15 is 0 Å². The highest BCUT2D eigenvalue weighted by atomic mass is 32.2. The standard InChI is InChI=1S/C18H19N3O5S/c1-25-15-7-8-17(26-2)16(10-15)21(27(3,23)24)12-18(22)20-14-6-4-5-13(9-14)11-19/h4-10H,12H2,1-3H3,(H,20,22). The Kier molecular flexibility index (Phi) is 6.26. The fraction of sp³-hybridized carbons (Fsp3) is 0.222. The molecule has 1 N–H and O–H groups in total. The van der Waals surface area contributed by atoms with Gasteiger partial charge < -0.3 is 14.8 Å². The summed E-state index contributed by atoms with van der Waals surface area (Å²) in [7, 11) is -0.939. The maximum atomic E-state index is 12.4. The van der Waals surface area contributed by atoms with E-state index < -0.39 is 22.5 Å². The third kappa shape index (κ3) is 5.12. The molecule has 8 nitrogen and oxygen atoms in total. The van der Waals surface area contributed by atoms with E-state index in [1.54, 1.807) is 30.3 Å². The Morgan fingerprint density at radius 3 is 2.52 bits per heavy atom. The highest BCUT2D eigenvalue weighted by Crippen LogP contribution is 2.33. The van der Waals surface area contributed by atoms with Gasteiger partial charge in [0.05, 0.1) is 37.8 Å². The van der Waals surface area contributed by atoms with Crippen LogP contribution in [0.15, 0.2) is 42.5 Å². The van der Waals surface area contributed by atoms with Crippen molar-refractivity contribution in [3.63, 3.8) is 0 Å². The lowest BCUT2D eigenvalue weighted by Crippen LogP contribution is -2.37. The SMILES string of the molecule is COc1ccc(OC)c(N(CC(=O)Nc2cccc(C#N)c2)S(C)(=O)=O)c1. The van der Waals surface area contributed by atoms with Gasteiger partial charge in [-0.15, -0.1) is 0 Å². The third-order valence-corrected chi connectivity index (χ3v) is 4.74. The first-order chi connectivity index (χ1) is 12.8. The van der Waals surface area contributed by atoms with Gasteiger partial charge in [0.1, 0.15) is 18.0 Å². The van der Waals surface area contributed by atoms with E-state index in [1.807, 2.05) is 6.07 Å². The Morgan fingerprint density at radius 2 is 1.93 bits per heavy atom. The number of methoxy groups -OCH3 is 2. The molecule has 0 fully saturated rings. The summed E-state index contributed by atoms with van der Waals surface area (Å²) in [6.07, 6.45) is 0.996. The number of benzene rings is 2. The fourth-order valence-corrected chi connectivity index (χ4v) is 3.22. The predicted molar refractivity (Wildman–Crippen MR) is 102 cm³/mol. The average molecular weight is 389 g/mol. The highest BCUT2D eigenvalue weighted by molar-refractivity contribution is 7.92. The molecule has 2 rings (SSSR count). The number of hydrogen-bond donors (Lipinski definition) is 1. The van der Waals surface area contributed by atoms with Crippen molar-refractivity contribution in [3.8, 4) is 17.6 Å². The molecule has 0 aliphatic heterocycles. The van der Waals surface area contributed by atoms with Gasteiger partial charge in [-0.2, -0.15) is 5.26 Å². The van der Waals surface area contributed by atoms with Gasteiger partial charge in [-0.25, -0.2) is 8.42 Å². The summed E-state index contributed by atoms with van der Waals surface area (Å²) in [6.45, 7) is -0.473. The molecule has 1 amide bonds. The van der Waals surface area contributed by atoms with Crippen LogP contribution in [0.2, 0.25) is 0 Å². The maximum absolute atomic E-state index is 12.4. The molecule has 142 valence electrons. The number of nitrogens with zero attached hydrogens (tertiary/aromatic N) is 2. The van der Waals surface area contributed by atoms with Crippen molar-refractivity contribution in [1.29, 1.82) is 5.26 Å². The summed E-state index contributed by atoms with van der Waals surface area (Å²) in [6, 6.07) is 12.9. The second-order valence-corrected chi connectivity index (χ2v) is 7.46. The van der Waals surface area contributed by atoms with Crippen LogP contribution in [0.4, 0.5) is 11.4 Å². The van der Waals surface area contributed by atoms with Crippen LogP contribution in [0.3, 0.4) is 0 Å². The number of nitrogens with one attached hydrogen (secondary N) is 1. The lowest BCUT2D eigenvalue weighted by molar-refractivity contribution is -0.114. The zero-order valence-electron chi connectivity index (χ0n) is 15.1. The van der Waals surface area contributed by atoms with Crippen molar-refractivity contribution < 1.29 is 22.7 Å². The van der Waals surface area contributed by atoms with E-state index in [4.69, 9.17) is 14.7 Å². The molecule has 0 bridgehead atoms. The number of sulfonamides is 1. The first-order valence-electron chi connectivity index (χ1n) is 7.78. The summed E-state index contributed by atoms with van der Waals surface area (Å²) >= 11 is 0. The molecule has 0 spiro atoms. The molecule has 0 atom stereocenters. The Bertz CT molecular complexity index is 983. The maximum Gasteiger partial charge on any atom is 0.245 e. The van der Waals surface area contributed by atoms with Gasteiger partial charge in [-0.1, -0.05) is 6.07 Å². The lowest BCUT2D eigenvalue weighted by Gasteiger charge is -2.24. The zero-order valence-corrected chi connectivity index (χ0v) is 15.9. The number of carbonyl (C=O) groups excluding carboxylic acids is 1. The number of nitriles is 1. The van der Waals surface area contributed by atoms with E-state index in [0.29, 0.717) is 17.0 Å². The Hall–Kier alpha value is -3.25. The van der Waals surface area contributed by atoms with Crippen molar-refractivity contribution >= 4 is 27.3 Å². The van der Waals surface area contributed by atoms with Crippen molar-refractivity contribution in [2.45, 2.75) is 0 Å². The first kappa shape index (κ1) is 20.1. The smallest absolute Gasteiger partial charge is 0.245 e. The number of hydrogen-bond acceptors (Lipinski definition) is 6. The van der Waals surface area contributed by atoms with Crippen LogP contribution in [0, 0.1) is 11.3 Å². The topological polar surface area (TPSA) is 109 Å². The van der Waals surface area contributed by atoms with Crippen molar-refractivity contribution in [1.82, 2.24) is 0 Å². The van der Waals surface area contributed by atoms with E-state index in [1.165, 1.54) is 26.4 Å². The summed E-state index contributed by atoms with van der Waals surface area (Å²) in [4.78, 5) is 12.4. The number of ether oxygens (including phenoxy) is 2. The molecule has 0 radical (unpaired) electrons. The summed E-state index contributed by atoms with van der Waals surface area (Å²) in [5.74, 6) is 0.127. The third-order valence-electron chi connectivity index (χ3n) is 3.62. The molecule has 0 heterocycles. The van der Waals surface area contributed by atoms with Crippen LogP contribution >= 0.6 is 0 Å². The monoisotopic (exact) mass is 389 g/mol. The molecule has 0 saturated carbocycles.